The summed E-state index contributed by atoms with van der Waals surface area (Å²) in [7, 11) is 0. The van der Waals surface area contributed by atoms with Crippen LogP contribution in [0.2, 0.25) is 5.02 Å². The zero-order valence-electron chi connectivity index (χ0n) is 15.5. The van der Waals surface area contributed by atoms with E-state index in [1.807, 2.05) is 0 Å². The molecule has 2 aromatic rings. The summed E-state index contributed by atoms with van der Waals surface area (Å²) in [4.78, 5) is 36.0. The standard InChI is InChI=1S/C19H21ClN2O6/c1-3-26-19(25)15-11(2)28-18(16(15)17(21)24)22-14(23)9-6-10-27-13-8-5-4-7-12(13)20/h4-5,7-8H,3,6,9-10H2,1-2H3,(H2,21,24)(H,22,23). The van der Waals surface area contributed by atoms with Gasteiger partial charge < -0.3 is 19.6 Å². The molecule has 0 aliphatic carbocycles. The molecule has 28 heavy (non-hydrogen) atoms. The summed E-state index contributed by atoms with van der Waals surface area (Å²) < 4.78 is 15.8. The Morgan fingerprint density at radius 3 is 2.57 bits per heavy atom. The Bertz CT molecular complexity index is 877. The van der Waals surface area contributed by atoms with Crippen molar-refractivity contribution in [3.8, 4) is 5.75 Å². The van der Waals surface area contributed by atoms with E-state index in [0.29, 0.717) is 17.2 Å². The van der Waals surface area contributed by atoms with E-state index in [0.717, 1.165) is 0 Å². The lowest BCUT2D eigenvalue weighted by Crippen LogP contribution is -2.20. The third-order valence-electron chi connectivity index (χ3n) is 3.71. The van der Waals surface area contributed by atoms with Crippen LogP contribution >= 0.6 is 11.6 Å². The van der Waals surface area contributed by atoms with Crippen molar-refractivity contribution in [1.29, 1.82) is 0 Å². The summed E-state index contributed by atoms with van der Waals surface area (Å²) in [6.07, 6.45) is 0.491. The van der Waals surface area contributed by atoms with Gasteiger partial charge in [-0.2, -0.15) is 0 Å². The van der Waals surface area contributed by atoms with Crippen LogP contribution in [0.3, 0.4) is 0 Å². The molecule has 1 aromatic carbocycles. The van der Waals surface area contributed by atoms with Crippen LogP contribution in [0.4, 0.5) is 5.88 Å². The van der Waals surface area contributed by atoms with Gasteiger partial charge in [0.05, 0.1) is 18.2 Å². The van der Waals surface area contributed by atoms with Crippen molar-refractivity contribution in [2.75, 3.05) is 18.5 Å². The van der Waals surface area contributed by atoms with Crippen molar-refractivity contribution in [2.45, 2.75) is 26.7 Å². The molecule has 2 amide bonds. The molecule has 150 valence electrons. The number of rotatable bonds is 9. The average molecular weight is 409 g/mol. The Morgan fingerprint density at radius 2 is 1.93 bits per heavy atom. The molecule has 0 aliphatic rings. The van der Waals surface area contributed by atoms with Crippen LogP contribution in [0.5, 0.6) is 5.75 Å². The maximum atomic E-state index is 12.2. The van der Waals surface area contributed by atoms with Gasteiger partial charge in [-0.15, -0.1) is 0 Å². The van der Waals surface area contributed by atoms with Crippen LogP contribution < -0.4 is 15.8 Å². The van der Waals surface area contributed by atoms with E-state index in [1.54, 1.807) is 31.2 Å². The zero-order chi connectivity index (χ0) is 20.7. The van der Waals surface area contributed by atoms with Crippen LogP contribution in [-0.4, -0.2) is 31.0 Å². The number of nitrogens with two attached hydrogens (primary N) is 1. The monoisotopic (exact) mass is 408 g/mol. The number of aryl methyl sites for hydroxylation is 1. The van der Waals surface area contributed by atoms with Crippen molar-refractivity contribution < 1.29 is 28.3 Å². The summed E-state index contributed by atoms with van der Waals surface area (Å²) >= 11 is 5.99. The minimum atomic E-state index is -0.905. The van der Waals surface area contributed by atoms with E-state index in [1.165, 1.54) is 6.92 Å². The van der Waals surface area contributed by atoms with Crippen molar-refractivity contribution in [1.82, 2.24) is 0 Å². The molecule has 1 heterocycles. The molecule has 2 rings (SSSR count). The van der Waals surface area contributed by atoms with Crippen molar-refractivity contribution >= 4 is 35.3 Å². The van der Waals surface area contributed by atoms with Crippen molar-refractivity contribution in [3.05, 3.63) is 46.2 Å². The van der Waals surface area contributed by atoms with E-state index in [9.17, 15) is 14.4 Å². The fourth-order valence-electron chi connectivity index (χ4n) is 2.48. The second-order valence-corrected chi connectivity index (χ2v) is 6.16. The number of para-hydroxylation sites is 1. The third-order valence-corrected chi connectivity index (χ3v) is 4.02. The highest BCUT2D eigenvalue weighted by atomic mass is 35.5. The molecule has 8 nitrogen and oxygen atoms in total. The Morgan fingerprint density at radius 1 is 1.21 bits per heavy atom. The highest BCUT2D eigenvalue weighted by molar-refractivity contribution is 6.32. The molecule has 0 atom stereocenters. The maximum Gasteiger partial charge on any atom is 0.342 e. The first-order valence-electron chi connectivity index (χ1n) is 8.62. The Balaban J connectivity index is 1.98. The number of benzene rings is 1. The third kappa shape index (κ3) is 5.26. The maximum absolute atomic E-state index is 12.2. The summed E-state index contributed by atoms with van der Waals surface area (Å²) in [6, 6.07) is 7.01. The summed E-state index contributed by atoms with van der Waals surface area (Å²) in [6.45, 7) is 3.50. The number of nitrogens with one attached hydrogen (secondary N) is 1. The predicted molar refractivity (Wildman–Crippen MR) is 103 cm³/mol. The van der Waals surface area contributed by atoms with Gasteiger partial charge in [0.15, 0.2) is 0 Å². The van der Waals surface area contributed by atoms with Gasteiger partial charge in [-0.3, -0.25) is 14.9 Å². The lowest BCUT2D eigenvalue weighted by atomic mass is 10.1. The largest absolute Gasteiger partial charge is 0.492 e. The molecule has 0 radical (unpaired) electrons. The summed E-state index contributed by atoms with van der Waals surface area (Å²) in [5.74, 6) is -1.59. The van der Waals surface area contributed by atoms with Crippen LogP contribution in [0.1, 0.15) is 46.2 Å². The number of esters is 1. The van der Waals surface area contributed by atoms with E-state index in [2.05, 4.69) is 5.32 Å². The van der Waals surface area contributed by atoms with Crippen LogP contribution in [-0.2, 0) is 9.53 Å². The van der Waals surface area contributed by atoms with Gasteiger partial charge in [-0.05, 0) is 32.4 Å². The lowest BCUT2D eigenvalue weighted by Gasteiger charge is -2.08. The zero-order valence-corrected chi connectivity index (χ0v) is 16.3. The van der Waals surface area contributed by atoms with Gasteiger partial charge in [0.1, 0.15) is 22.6 Å². The Kier molecular flexibility index (Phi) is 7.45. The number of halogens is 1. The molecule has 1 aromatic heterocycles. The predicted octanol–water partition coefficient (Wildman–Crippen LogP) is 3.31. The van der Waals surface area contributed by atoms with E-state index < -0.39 is 17.8 Å². The first kappa shape index (κ1) is 21.3. The Labute approximate surface area is 166 Å². The van der Waals surface area contributed by atoms with E-state index >= 15 is 0 Å². The number of ether oxygens (including phenoxy) is 2. The summed E-state index contributed by atoms with van der Waals surface area (Å²) in [5.41, 5.74) is 5.05. The average Bonchev–Trinajstić information content (AvgIpc) is 2.96. The highest BCUT2D eigenvalue weighted by Crippen LogP contribution is 2.28. The van der Waals surface area contributed by atoms with Gasteiger partial charge in [-0.25, -0.2) is 4.79 Å². The van der Waals surface area contributed by atoms with Gasteiger partial charge >= 0.3 is 5.97 Å². The molecule has 0 saturated heterocycles. The summed E-state index contributed by atoms with van der Waals surface area (Å²) in [5, 5.41) is 2.95. The lowest BCUT2D eigenvalue weighted by molar-refractivity contribution is -0.116. The van der Waals surface area contributed by atoms with Gasteiger partial charge in [0.25, 0.3) is 5.91 Å². The quantitative estimate of drug-likeness (QED) is 0.485. The SMILES string of the molecule is CCOC(=O)c1c(C)oc(NC(=O)CCCOc2ccccc2Cl)c1C(N)=O. The minimum absolute atomic E-state index is 0.0910. The number of hydrogen-bond donors (Lipinski definition) is 2. The van der Waals surface area contributed by atoms with E-state index in [4.69, 9.17) is 31.2 Å². The first-order chi connectivity index (χ1) is 13.3. The number of amides is 2. The number of furan rings is 1. The fourth-order valence-corrected chi connectivity index (χ4v) is 2.67. The molecule has 9 heteroatoms. The molecular formula is C19H21ClN2O6. The van der Waals surface area contributed by atoms with Crippen molar-refractivity contribution in [2.24, 2.45) is 5.73 Å². The second-order valence-electron chi connectivity index (χ2n) is 5.75. The van der Waals surface area contributed by atoms with Gasteiger partial charge in [-0.1, -0.05) is 23.7 Å². The molecule has 0 unspecified atom stereocenters. The fraction of sp³-hybridized carbons (Fsp3) is 0.316. The number of primary amides is 1. The second kappa shape index (κ2) is 9.80. The topological polar surface area (TPSA) is 121 Å². The van der Waals surface area contributed by atoms with Crippen molar-refractivity contribution in [3.63, 3.8) is 0 Å². The molecular weight excluding hydrogens is 388 g/mol. The molecule has 0 spiro atoms. The number of carbonyl (C=O) groups excluding carboxylic acids is 3. The van der Waals surface area contributed by atoms with Crippen LogP contribution in [0, 0.1) is 6.92 Å². The minimum Gasteiger partial charge on any atom is -0.492 e. The smallest absolute Gasteiger partial charge is 0.342 e. The molecule has 3 N–H and O–H groups in total. The van der Waals surface area contributed by atoms with Crippen LogP contribution in [0.15, 0.2) is 28.7 Å². The number of hydrogen-bond acceptors (Lipinski definition) is 6. The normalized spacial score (nSPS) is 10.4. The molecule has 0 bridgehead atoms. The first-order valence-corrected chi connectivity index (χ1v) is 9.00. The van der Waals surface area contributed by atoms with Crippen LogP contribution in [0.25, 0.3) is 0 Å². The molecule has 0 fully saturated rings. The molecule has 0 aliphatic heterocycles. The Hall–Kier alpha value is -3.00. The highest BCUT2D eigenvalue weighted by Gasteiger charge is 2.28. The number of carbonyl (C=O) groups is 3. The van der Waals surface area contributed by atoms with Gasteiger partial charge in [0, 0.05) is 6.42 Å². The van der Waals surface area contributed by atoms with E-state index in [-0.39, 0.29) is 42.4 Å². The van der Waals surface area contributed by atoms with Gasteiger partial charge in [0.2, 0.25) is 11.8 Å². The molecule has 0 saturated carbocycles. The number of anilines is 1.